The van der Waals surface area contributed by atoms with Gasteiger partial charge in [-0.1, -0.05) is 23.4 Å². The number of aryl methyl sites for hydroxylation is 1. The van der Waals surface area contributed by atoms with Crippen LogP contribution < -0.4 is 0 Å². The molecule has 0 atom stereocenters. The maximum Gasteiger partial charge on any atom is 0.0844 e. The van der Waals surface area contributed by atoms with E-state index in [2.05, 4.69) is 23.0 Å². The summed E-state index contributed by atoms with van der Waals surface area (Å²) in [5.41, 5.74) is 1.85. The Morgan fingerprint density at radius 3 is 2.84 bits per heavy atom. The lowest BCUT2D eigenvalue weighted by Gasteiger charge is -2.01. The molecule has 0 saturated carbocycles. The summed E-state index contributed by atoms with van der Waals surface area (Å²) in [6.45, 7) is 4.70. The molecular weight excluding hydrogens is 280 g/mol. The Bertz CT molecular complexity index is 634. The molecule has 0 aromatic carbocycles. The predicted molar refractivity (Wildman–Crippen MR) is 78.7 cm³/mol. The minimum Gasteiger partial charge on any atom is -0.395 e. The molecule has 0 unspecified atom stereocenters. The molecule has 2 aromatic heterocycles. The first-order chi connectivity index (χ1) is 9.11. The highest BCUT2D eigenvalue weighted by Gasteiger charge is 2.10. The fourth-order valence-corrected chi connectivity index (χ4v) is 2.71. The number of thiophene rings is 1. The van der Waals surface area contributed by atoms with E-state index in [0.717, 1.165) is 21.3 Å². The van der Waals surface area contributed by atoms with Gasteiger partial charge in [0.05, 0.1) is 34.4 Å². The monoisotopic (exact) mass is 294 g/mol. The van der Waals surface area contributed by atoms with Gasteiger partial charge in [-0.25, -0.2) is 0 Å². The van der Waals surface area contributed by atoms with Crippen molar-refractivity contribution >= 4 is 22.9 Å². The largest absolute Gasteiger partial charge is 0.395 e. The van der Waals surface area contributed by atoms with E-state index >= 15 is 0 Å². The molecule has 3 nitrogen and oxygen atoms in total. The lowest BCUT2D eigenvalue weighted by Crippen LogP contribution is -2.02. The van der Waals surface area contributed by atoms with Crippen molar-refractivity contribution in [2.24, 2.45) is 0 Å². The second-order valence-electron chi connectivity index (χ2n) is 4.18. The zero-order valence-corrected chi connectivity index (χ0v) is 12.5. The minimum absolute atomic E-state index is 0.107. The van der Waals surface area contributed by atoms with Crippen molar-refractivity contribution in [1.29, 1.82) is 0 Å². The number of halogens is 1. The Balaban J connectivity index is 2.12. The third-order valence-corrected chi connectivity index (χ3v) is 4.24. The molecule has 0 saturated heterocycles. The molecule has 0 spiro atoms. The van der Waals surface area contributed by atoms with Crippen molar-refractivity contribution in [3.63, 3.8) is 0 Å². The van der Waals surface area contributed by atoms with E-state index in [1.807, 2.05) is 24.6 Å². The molecule has 0 bridgehead atoms. The second-order valence-corrected chi connectivity index (χ2v) is 5.73. The standard InChI is InChI=1S/C14H15ClN2OS/c1-10-14(15)11(2)17(16-10)9-13-7-6-12(19-13)5-3-4-8-18/h6-7,18H,4,8-9H2,1-2H3. The van der Waals surface area contributed by atoms with E-state index in [9.17, 15) is 0 Å². The fourth-order valence-electron chi connectivity index (χ4n) is 1.71. The van der Waals surface area contributed by atoms with Crippen LogP contribution in [0.3, 0.4) is 0 Å². The summed E-state index contributed by atoms with van der Waals surface area (Å²) in [4.78, 5) is 2.20. The Morgan fingerprint density at radius 1 is 1.42 bits per heavy atom. The first kappa shape index (κ1) is 14.1. The van der Waals surface area contributed by atoms with E-state index in [1.165, 1.54) is 4.88 Å². The Kier molecular flexibility index (Phi) is 4.65. The maximum absolute atomic E-state index is 8.68. The number of aliphatic hydroxyl groups is 1. The molecule has 0 radical (unpaired) electrons. The first-order valence-corrected chi connectivity index (χ1v) is 7.19. The maximum atomic E-state index is 8.68. The molecule has 1 N–H and O–H groups in total. The van der Waals surface area contributed by atoms with Crippen molar-refractivity contribution in [2.75, 3.05) is 6.61 Å². The Morgan fingerprint density at radius 2 is 2.21 bits per heavy atom. The van der Waals surface area contributed by atoms with Gasteiger partial charge in [-0.3, -0.25) is 4.68 Å². The molecule has 0 aliphatic heterocycles. The number of nitrogens with zero attached hydrogens (tertiary/aromatic N) is 2. The Labute approximate surface area is 121 Å². The number of aliphatic hydroxyl groups excluding tert-OH is 1. The molecule has 0 fully saturated rings. The van der Waals surface area contributed by atoms with Crippen LogP contribution in [0.25, 0.3) is 0 Å². The van der Waals surface area contributed by atoms with E-state index in [0.29, 0.717) is 13.0 Å². The molecule has 0 aliphatic rings. The van der Waals surface area contributed by atoms with Crippen LogP contribution in [0, 0.1) is 25.7 Å². The highest BCUT2D eigenvalue weighted by atomic mass is 35.5. The summed E-state index contributed by atoms with van der Waals surface area (Å²) in [7, 11) is 0. The summed E-state index contributed by atoms with van der Waals surface area (Å²) in [6.07, 6.45) is 0.514. The van der Waals surface area contributed by atoms with Crippen LogP contribution >= 0.6 is 22.9 Å². The normalized spacial score (nSPS) is 10.3. The van der Waals surface area contributed by atoms with Crippen LogP contribution in [0.4, 0.5) is 0 Å². The lowest BCUT2D eigenvalue weighted by atomic mass is 10.3. The third kappa shape index (κ3) is 3.38. The van der Waals surface area contributed by atoms with Crippen molar-refractivity contribution in [3.8, 4) is 11.8 Å². The minimum atomic E-state index is 0.107. The van der Waals surface area contributed by atoms with Crippen LogP contribution in [0.1, 0.15) is 27.6 Å². The van der Waals surface area contributed by atoms with E-state index in [-0.39, 0.29) is 6.61 Å². The molecule has 19 heavy (non-hydrogen) atoms. The number of rotatable bonds is 3. The van der Waals surface area contributed by atoms with Crippen LogP contribution in [0.5, 0.6) is 0 Å². The smallest absolute Gasteiger partial charge is 0.0844 e. The van der Waals surface area contributed by atoms with Crippen LogP contribution in [0.2, 0.25) is 5.02 Å². The first-order valence-electron chi connectivity index (χ1n) is 5.99. The van der Waals surface area contributed by atoms with Crippen molar-refractivity contribution < 1.29 is 5.11 Å². The second kappa shape index (κ2) is 6.25. The van der Waals surface area contributed by atoms with Gasteiger partial charge in [0.2, 0.25) is 0 Å². The number of hydrogen-bond acceptors (Lipinski definition) is 3. The molecular formula is C14H15ClN2OS. The van der Waals surface area contributed by atoms with Gasteiger partial charge in [0.25, 0.3) is 0 Å². The molecule has 100 valence electrons. The van der Waals surface area contributed by atoms with Gasteiger partial charge in [0, 0.05) is 11.3 Å². The lowest BCUT2D eigenvalue weighted by molar-refractivity contribution is 0.305. The van der Waals surface area contributed by atoms with Gasteiger partial charge in [-0.2, -0.15) is 5.10 Å². The Hall–Kier alpha value is -1.28. The van der Waals surface area contributed by atoms with Crippen molar-refractivity contribution in [3.05, 3.63) is 38.3 Å². The van der Waals surface area contributed by atoms with Gasteiger partial charge in [-0.15, -0.1) is 11.3 Å². The molecule has 2 aromatic rings. The molecule has 2 rings (SSSR count). The quantitative estimate of drug-likeness (QED) is 0.884. The van der Waals surface area contributed by atoms with Crippen molar-refractivity contribution in [1.82, 2.24) is 9.78 Å². The number of aromatic nitrogens is 2. The van der Waals surface area contributed by atoms with Gasteiger partial charge in [0.15, 0.2) is 0 Å². The van der Waals surface area contributed by atoms with E-state index in [1.54, 1.807) is 11.3 Å². The zero-order chi connectivity index (χ0) is 13.8. The summed E-state index contributed by atoms with van der Waals surface area (Å²) in [5, 5.41) is 13.8. The van der Waals surface area contributed by atoms with E-state index in [4.69, 9.17) is 16.7 Å². The summed E-state index contributed by atoms with van der Waals surface area (Å²) in [6, 6.07) is 4.05. The van der Waals surface area contributed by atoms with Crippen molar-refractivity contribution in [2.45, 2.75) is 26.8 Å². The van der Waals surface area contributed by atoms with Gasteiger partial charge >= 0.3 is 0 Å². The average molecular weight is 295 g/mol. The molecule has 5 heteroatoms. The van der Waals surface area contributed by atoms with Crippen LogP contribution in [0.15, 0.2) is 12.1 Å². The van der Waals surface area contributed by atoms with Gasteiger partial charge in [0.1, 0.15) is 0 Å². The average Bonchev–Trinajstić information content (AvgIpc) is 2.92. The summed E-state index contributed by atoms with van der Waals surface area (Å²) < 4.78 is 1.91. The molecule has 0 aliphatic carbocycles. The van der Waals surface area contributed by atoms with E-state index < -0.39 is 0 Å². The molecule has 0 amide bonds. The summed E-state index contributed by atoms with van der Waals surface area (Å²) >= 11 is 7.77. The number of hydrogen-bond donors (Lipinski definition) is 1. The highest BCUT2D eigenvalue weighted by molar-refractivity contribution is 7.12. The SMILES string of the molecule is Cc1nn(Cc2ccc(C#CCCO)s2)c(C)c1Cl. The molecule has 2 heterocycles. The van der Waals surface area contributed by atoms with Crippen LogP contribution in [-0.2, 0) is 6.54 Å². The summed E-state index contributed by atoms with van der Waals surface area (Å²) in [5.74, 6) is 5.96. The fraction of sp³-hybridized carbons (Fsp3) is 0.357. The predicted octanol–water partition coefficient (Wildman–Crippen LogP) is 3.00. The topological polar surface area (TPSA) is 38.0 Å². The van der Waals surface area contributed by atoms with Gasteiger partial charge in [-0.05, 0) is 26.0 Å². The zero-order valence-electron chi connectivity index (χ0n) is 10.9. The highest BCUT2D eigenvalue weighted by Crippen LogP contribution is 2.22. The van der Waals surface area contributed by atoms with Crippen LogP contribution in [-0.4, -0.2) is 21.5 Å². The van der Waals surface area contributed by atoms with Gasteiger partial charge < -0.3 is 5.11 Å². The third-order valence-electron chi connectivity index (χ3n) is 2.71.